The van der Waals surface area contributed by atoms with E-state index in [1.54, 1.807) is 0 Å². The Balaban J connectivity index is 2.80. The molecular weight excluding hydrogens is 200 g/mol. The molecule has 0 spiro atoms. The second kappa shape index (κ2) is 6.28. The van der Waals surface area contributed by atoms with Crippen molar-refractivity contribution in [2.45, 2.75) is 33.2 Å². The first-order chi connectivity index (χ1) is 7.63. The number of aryl methyl sites for hydroxylation is 1. The molecule has 0 aliphatic rings. The van der Waals surface area contributed by atoms with Crippen molar-refractivity contribution in [3.05, 3.63) is 35.7 Å². The highest BCUT2D eigenvalue weighted by molar-refractivity contribution is 5.30. The van der Waals surface area contributed by atoms with Crippen LogP contribution in [0.5, 0.6) is 5.75 Å². The molecule has 1 aromatic heterocycles. The number of aromatic nitrogens is 1. The number of nitrogens with zero attached hydrogens (tertiary/aromatic N) is 1. The Morgan fingerprint density at radius 2 is 2.25 bits per heavy atom. The number of hydrogen-bond donors (Lipinski definition) is 1. The molecule has 3 nitrogen and oxygen atoms in total. The molecule has 0 bridgehead atoms. The van der Waals surface area contributed by atoms with Gasteiger partial charge in [-0.2, -0.15) is 0 Å². The Morgan fingerprint density at radius 1 is 1.50 bits per heavy atom. The minimum atomic E-state index is 0.0957. The lowest BCUT2D eigenvalue weighted by Crippen LogP contribution is -2.19. The maximum absolute atomic E-state index is 5.79. The molecule has 1 atom stereocenters. The van der Waals surface area contributed by atoms with Crippen LogP contribution in [0.25, 0.3) is 0 Å². The van der Waals surface area contributed by atoms with Crippen molar-refractivity contribution < 1.29 is 4.74 Å². The van der Waals surface area contributed by atoms with E-state index >= 15 is 0 Å². The maximum atomic E-state index is 5.79. The molecule has 0 saturated carbocycles. The zero-order valence-corrected chi connectivity index (χ0v) is 10.2. The predicted octanol–water partition coefficient (Wildman–Crippen LogP) is 2.23. The van der Waals surface area contributed by atoms with Gasteiger partial charge in [0.05, 0.1) is 5.69 Å². The van der Waals surface area contributed by atoms with Gasteiger partial charge in [-0.15, -0.1) is 0 Å². The summed E-state index contributed by atoms with van der Waals surface area (Å²) in [7, 11) is 0. The molecule has 1 rings (SSSR count). The summed E-state index contributed by atoms with van der Waals surface area (Å²) >= 11 is 0. The van der Waals surface area contributed by atoms with Gasteiger partial charge in [0.2, 0.25) is 0 Å². The van der Waals surface area contributed by atoms with E-state index in [9.17, 15) is 0 Å². The normalized spacial score (nSPS) is 13.0. The molecule has 3 heteroatoms. The Labute approximate surface area is 97.3 Å². The van der Waals surface area contributed by atoms with Crippen molar-refractivity contribution in [1.29, 1.82) is 0 Å². The van der Waals surface area contributed by atoms with Crippen LogP contribution < -0.4 is 10.5 Å². The van der Waals surface area contributed by atoms with Gasteiger partial charge in [-0.25, -0.2) is 0 Å². The van der Waals surface area contributed by atoms with Crippen molar-refractivity contribution in [2.24, 2.45) is 5.73 Å². The van der Waals surface area contributed by atoms with Crippen molar-refractivity contribution in [3.8, 4) is 5.75 Å². The molecule has 2 N–H and O–H groups in total. The summed E-state index contributed by atoms with van der Waals surface area (Å²) < 4.78 is 5.63. The zero-order valence-electron chi connectivity index (χ0n) is 10.2. The van der Waals surface area contributed by atoms with Crippen LogP contribution in [0.4, 0.5) is 0 Å². The number of rotatable bonds is 5. The second-order valence-corrected chi connectivity index (χ2v) is 3.96. The van der Waals surface area contributed by atoms with Gasteiger partial charge in [0.15, 0.2) is 0 Å². The first-order valence-corrected chi connectivity index (χ1v) is 5.59. The monoisotopic (exact) mass is 220 g/mol. The molecule has 0 fully saturated rings. The SMILES string of the molecule is CC=CCOc1ccc(C)nc1CC(C)N. The lowest BCUT2D eigenvalue weighted by atomic mass is 10.1. The van der Waals surface area contributed by atoms with Gasteiger partial charge >= 0.3 is 0 Å². The molecule has 0 aromatic carbocycles. The molecule has 1 aromatic rings. The Kier molecular flexibility index (Phi) is 4.99. The van der Waals surface area contributed by atoms with E-state index in [2.05, 4.69) is 4.98 Å². The van der Waals surface area contributed by atoms with Gasteiger partial charge in [-0.1, -0.05) is 12.2 Å². The van der Waals surface area contributed by atoms with Crippen LogP contribution in [0.2, 0.25) is 0 Å². The van der Waals surface area contributed by atoms with Crippen molar-refractivity contribution in [2.75, 3.05) is 6.61 Å². The van der Waals surface area contributed by atoms with Crippen molar-refractivity contribution >= 4 is 0 Å². The third-order valence-electron chi connectivity index (χ3n) is 2.16. The van der Waals surface area contributed by atoms with Crippen LogP contribution in [-0.4, -0.2) is 17.6 Å². The zero-order chi connectivity index (χ0) is 12.0. The van der Waals surface area contributed by atoms with Crippen LogP contribution >= 0.6 is 0 Å². The van der Waals surface area contributed by atoms with E-state index in [-0.39, 0.29) is 6.04 Å². The summed E-state index contributed by atoms with van der Waals surface area (Å²) in [4.78, 5) is 4.46. The molecule has 0 aliphatic carbocycles. The molecule has 88 valence electrons. The van der Waals surface area contributed by atoms with Gasteiger partial charge in [-0.3, -0.25) is 4.98 Å². The summed E-state index contributed by atoms with van der Waals surface area (Å²) in [6.45, 7) is 6.49. The Hall–Kier alpha value is -1.35. The Morgan fingerprint density at radius 3 is 2.88 bits per heavy atom. The summed E-state index contributed by atoms with van der Waals surface area (Å²) in [5.74, 6) is 0.834. The highest BCUT2D eigenvalue weighted by atomic mass is 16.5. The number of allylic oxidation sites excluding steroid dienone is 1. The van der Waals surface area contributed by atoms with Crippen LogP contribution in [0.15, 0.2) is 24.3 Å². The van der Waals surface area contributed by atoms with E-state index in [1.165, 1.54) is 0 Å². The van der Waals surface area contributed by atoms with E-state index < -0.39 is 0 Å². The Bertz CT molecular complexity index is 359. The summed E-state index contributed by atoms with van der Waals surface area (Å²) in [5.41, 5.74) is 7.73. The van der Waals surface area contributed by atoms with Crippen molar-refractivity contribution in [3.63, 3.8) is 0 Å². The van der Waals surface area contributed by atoms with Gasteiger partial charge < -0.3 is 10.5 Å². The third kappa shape index (κ3) is 4.03. The lowest BCUT2D eigenvalue weighted by Gasteiger charge is -2.11. The maximum Gasteiger partial charge on any atom is 0.141 e. The van der Waals surface area contributed by atoms with Crippen LogP contribution in [0.1, 0.15) is 25.2 Å². The van der Waals surface area contributed by atoms with Crippen LogP contribution in [-0.2, 0) is 6.42 Å². The first kappa shape index (κ1) is 12.7. The standard InChI is InChI=1S/C13H20N2O/c1-4-5-8-16-13-7-6-11(3)15-12(13)9-10(2)14/h4-7,10H,8-9,14H2,1-3H3. The summed E-state index contributed by atoms with van der Waals surface area (Å²) in [6, 6.07) is 4.01. The van der Waals surface area contributed by atoms with Gasteiger partial charge in [0.25, 0.3) is 0 Å². The minimum Gasteiger partial charge on any atom is -0.488 e. The van der Waals surface area contributed by atoms with Gasteiger partial charge in [0.1, 0.15) is 12.4 Å². The molecule has 0 saturated heterocycles. The molecule has 0 aliphatic heterocycles. The highest BCUT2D eigenvalue weighted by Crippen LogP contribution is 2.18. The summed E-state index contributed by atoms with van der Waals surface area (Å²) in [5, 5.41) is 0. The lowest BCUT2D eigenvalue weighted by molar-refractivity contribution is 0.355. The van der Waals surface area contributed by atoms with E-state index in [0.29, 0.717) is 6.61 Å². The predicted molar refractivity (Wildman–Crippen MR) is 66.6 cm³/mol. The smallest absolute Gasteiger partial charge is 0.141 e. The molecule has 1 unspecified atom stereocenters. The van der Waals surface area contributed by atoms with E-state index in [1.807, 2.05) is 45.1 Å². The highest BCUT2D eigenvalue weighted by Gasteiger charge is 2.07. The van der Waals surface area contributed by atoms with Crippen molar-refractivity contribution in [1.82, 2.24) is 4.98 Å². The largest absolute Gasteiger partial charge is 0.488 e. The molecular formula is C13H20N2O. The van der Waals surface area contributed by atoms with E-state index in [4.69, 9.17) is 10.5 Å². The molecule has 16 heavy (non-hydrogen) atoms. The topological polar surface area (TPSA) is 48.1 Å². The minimum absolute atomic E-state index is 0.0957. The number of ether oxygens (including phenoxy) is 1. The van der Waals surface area contributed by atoms with Gasteiger partial charge in [-0.05, 0) is 32.9 Å². The molecule has 0 amide bonds. The number of hydrogen-bond acceptors (Lipinski definition) is 3. The molecule has 0 radical (unpaired) electrons. The number of pyridine rings is 1. The fraction of sp³-hybridized carbons (Fsp3) is 0.462. The average molecular weight is 220 g/mol. The first-order valence-electron chi connectivity index (χ1n) is 5.59. The average Bonchev–Trinajstić information content (AvgIpc) is 2.20. The van der Waals surface area contributed by atoms with Crippen LogP contribution in [0, 0.1) is 6.92 Å². The molecule has 1 heterocycles. The fourth-order valence-corrected chi connectivity index (χ4v) is 1.41. The van der Waals surface area contributed by atoms with Crippen LogP contribution in [0.3, 0.4) is 0 Å². The fourth-order valence-electron chi connectivity index (χ4n) is 1.41. The third-order valence-corrected chi connectivity index (χ3v) is 2.16. The van der Waals surface area contributed by atoms with Gasteiger partial charge in [0, 0.05) is 18.2 Å². The number of nitrogens with two attached hydrogens (primary N) is 1. The van der Waals surface area contributed by atoms with E-state index in [0.717, 1.165) is 23.6 Å². The second-order valence-electron chi connectivity index (χ2n) is 3.96. The quantitative estimate of drug-likeness (QED) is 0.774. The summed E-state index contributed by atoms with van der Waals surface area (Å²) in [6.07, 6.45) is 4.68.